The van der Waals surface area contributed by atoms with Gasteiger partial charge < -0.3 is 14.2 Å². The smallest absolute Gasteiger partial charge is 0.461 e. The number of carbonyl (C=O) groups excluding carboxylic acids is 2. The fourth-order valence-corrected chi connectivity index (χ4v) is 6.65. The molecule has 0 radical (unpaired) electrons. The molecule has 1 heterocycles. The molecule has 0 aromatic heterocycles. The Hall–Kier alpha value is -1.44. The van der Waals surface area contributed by atoms with Crippen molar-refractivity contribution in [2.45, 2.75) is 89.4 Å². The Balaban J connectivity index is 1.38. The Bertz CT molecular complexity index is 678. The van der Waals surface area contributed by atoms with Crippen molar-refractivity contribution in [3.63, 3.8) is 0 Å². The Morgan fingerprint density at radius 3 is 2.40 bits per heavy atom. The van der Waals surface area contributed by atoms with E-state index in [0.717, 1.165) is 51.6 Å². The highest BCUT2D eigenvalue weighted by atomic mass is 19.3. The highest BCUT2D eigenvalue weighted by molar-refractivity contribution is 5.76. The normalized spacial score (nSPS) is 38.1. The first-order valence-electron chi connectivity index (χ1n) is 11.2. The van der Waals surface area contributed by atoms with Crippen LogP contribution >= 0.6 is 0 Å². The van der Waals surface area contributed by atoms with Gasteiger partial charge in [-0.15, -0.1) is 0 Å². The third kappa shape index (κ3) is 4.43. The zero-order valence-electron chi connectivity index (χ0n) is 18.1. The zero-order chi connectivity index (χ0) is 21.7. The van der Waals surface area contributed by atoms with Crippen LogP contribution in [-0.2, 0) is 19.0 Å². The number of nitrogens with zero attached hydrogens (tertiary/aromatic N) is 1. The molecular formula is C22H33F2NO5. The molecule has 5 rings (SSSR count). The van der Waals surface area contributed by atoms with Gasteiger partial charge in [0.2, 0.25) is 0 Å². The first-order valence-corrected chi connectivity index (χ1v) is 11.2. The third-order valence-electron chi connectivity index (χ3n) is 7.47. The number of hydrogen-bond donors (Lipinski definition) is 0. The van der Waals surface area contributed by atoms with Crippen LogP contribution in [0.2, 0.25) is 0 Å². The molecule has 5 fully saturated rings. The van der Waals surface area contributed by atoms with Gasteiger partial charge in [-0.1, -0.05) is 0 Å². The van der Waals surface area contributed by atoms with Crippen LogP contribution in [0.15, 0.2) is 0 Å². The predicted molar refractivity (Wildman–Crippen MR) is 104 cm³/mol. The molecule has 30 heavy (non-hydrogen) atoms. The van der Waals surface area contributed by atoms with Crippen molar-refractivity contribution >= 4 is 12.1 Å². The van der Waals surface area contributed by atoms with Crippen molar-refractivity contribution in [2.75, 3.05) is 19.7 Å². The number of likely N-dealkylation sites (tertiary alicyclic amines) is 1. The molecule has 0 aromatic rings. The average Bonchev–Trinajstić information content (AvgIpc) is 3.05. The maximum Gasteiger partial charge on any atom is 0.509 e. The fraction of sp³-hybridized carbons (Fsp3) is 0.909. The first kappa shape index (κ1) is 21.8. The average molecular weight is 430 g/mol. The van der Waals surface area contributed by atoms with Gasteiger partial charge >= 0.3 is 18.0 Å². The maximum atomic E-state index is 13.2. The quantitative estimate of drug-likeness (QED) is 0.591. The van der Waals surface area contributed by atoms with Crippen molar-refractivity contribution in [1.29, 1.82) is 0 Å². The van der Waals surface area contributed by atoms with Gasteiger partial charge in [-0.05, 0) is 70.6 Å². The molecule has 4 bridgehead atoms. The number of alkyl halides is 2. The summed E-state index contributed by atoms with van der Waals surface area (Å²) >= 11 is 0. The van der Waals surface area contributed by atoms with Gasteiger partial charge in [-0.3, -0.25) is 4.90 Å². The molecule has 8 heteroatoms. The van der Waals surface area contributed by atoms with E-state index in [4.69, 9.17) is 14.2 Å². The zero-order valence-corrected chi connectivity index (χ0v) is 18.1. The van der Waals surface area contributed by atoms with Crippen LogP contribution in [0.4, 0.5) is 13.6 Å². The topological polar surface area (TPSA) is 65.1 Å². The number of hydrogen-bond acceptors (Lipinski definition) is 6. The SMILES string of the molecule is CC(C)N1CCC(OC(=O)OC23CC4CC(CC(COC(=O)C(C)(F)F)(C4)C2)C3)C1. The summed E-state index contributed by atoms with van der Waals surface area (Å²) in [6.45, 7) is 6.39. The molecule has 0 spiro atoms. The van der Waals surface area contributed by atoms with Gasteiger partial charge in [0.1, 0.15) is 11.7 Å². The van der Waals surface area contributed by atoms with Gasteiger partial charge in [-0.25, -0.2) is 9.59 Å². The second kappa shape index (κ2) is 7.61. The first-order chi connectivity index (χ1) is 14.0. The molecule has 4 saturated carbocycles. The van der Waals surface area contributed by atoms with E-state index in [-0.39, 0.29) is 18.1 Å². The minimum Gasteiger partial charge on any atom is -0.461 e. The van der Waals surface area contributed by atoms with Crippen molar-refractivity contribution in [3.8, 4) is 0 Å². The Morgan fingerprint density at radius 2 is 1.83 bits per heavy atom. The van der Waals surface area contributed by atoms with Crippen LogP contribution in [0, 0.1) is 17.3 Å². The summed E-state index contributed by atoms with van der Waals surface area (Å²) in [7, 11) is 0. The lowest BCUT2D eigenvalue weighted by Crippen LogP contribution is -2.59. The van der Waals surface area contributed by atoms with Crippen LogP contribution in [-0.4, -0.2) is 60.4 Å². The second-order valence-corrected chi connectivity index (χ2v) is 10.6. The molecular weight excluding hydrogens is 396 g/mol. The highest BCUT2D eigenvalue weighted by Crippen LogP contribution is 2.63. The lowest BCUT2D eigenvalue weighted by Gasteiger charge is -2.60. The van der Waals surface area contributed by atoms with Crippen molar-refractivity contribution < 1.29 is 32.6 Å². The molecule has 170 valence electrons. The molecule has 3 unspecified atom stereocenters. The fourth-order valence-electron chi connectivity index (χ4n) is 6.65. The van der Waals surface area contributed by atoms with Crippen LogP contribution < -0.4 is 0 Å². The molecule has 1 aliphatic heterocycles. The van der Waals surface area contributed by atoms with E-state index < -0.39 is 23.6 Å². The van der Waals surface area contributed by atoms with E-state index in [2.05, 4.69) is 18.7 Å². The summed E-state index contributed by atoms with van der Waals surface area (Å²) in [6, 6.07) is 0.413. The molecule has 1 saturated heterocycles. The maximum absolute atomic E-state index is 13.2. The Morgan fingerprint density at radius 1 is 1.17 bits per heavy atom. The van der Waals surface area contributed by atoms with Gasteiger partial charge in [0, 0.05) is 31.5 Å². The summed E-state index contributed by atoms with van der Waals surface area (Å²) in [5.74, 6) is -4.25. The number of ether oxygens (including phenoxy) is 3. The molecule has 0 aromatic carbocycles. The summed E-state index contributed by atoms with van der Waals surface area (Å²) < 4.78 is 43.0. The summed E-state index contributed by atoms with van der Waals surface area (Å²) in [5, 5.41) is 0. The van der Waals surface area contributed by atoms with Crippen LogP contribution in [0.3, 0.4) is 0 Å². The summed E-state index contributed by atoms with van der Waals surface area (Å²) in [4.78, 5) is 26.5. The van der Waals surface area contributed by atoms with E-state index in [1.807, 2.05) is 0 Å². The van der Waals surface area contributed by atoms with E-state index in [0.29, 0.717) is 31.2 Å². The van der Waals surface area contributed by atoms with Gasteiger partial charge in [0.05, 0.1) is 6.61 Å². The van der Waals surface area contributed by atoms with Crippen molar-refractivity contribution in [2.24, 2.45) is 17.3 Å². The van der Waals surface area contributed by atoms with Crippen LogP contribution in [0.25, 0.3) is 0 Å². The summed E-state index contributed by atoms with van der Waals surface area (Å²) in [5.41, 5.74) is -1.01. The lowest BCUT2D eigenvalue weighted by molar-refractivity contribution is -0.202. The standard InChI is InChI=1S/C22H33F2NO5/c1-14(2)25-5-4-17(11-25)29-19(27)30-22-9-15-6-16(10-22)8-21(7-15,12-22)13-28-18(26)20(3,23)24/h14-17H,4-13H2,1-3H3. The number of esters is 1. The van der Waals surface area contributed by atoms with E-state index in [9.17, 15) is 18.4 Å². The molecule has 0 N–H and O–H groups in total. The van der Waals surface area contributed by atoms with Gasteiger partial charge in [0.15, 0.2) is 0 Å². The minimum atomic E-state index is -3.49. The van der Waals surface area contributed by atoms with Crippen molar-refractivity contribution in [3.05, 3.63) is 0 Å². The molecule has 0 amide bonds. The van der Waals surface area contributed by atoms with Crippen LogP contribution in [0.1, 0.15) is 65.7 Å². The molecule has 4 aliphatic carbocycles. The minimum absolute atomic E-state index is 0.0333. The monoisotopic (exact) mass is 429 g/mol. The largest absolute Gasteiger partial charge is 0.509 e. The number of rotatable bonds is 6. The Labute approximate surface area is 176 Å². The second-order valence-electron chi connectivity index (χ2n) is 10.6. The Kier molecular flexibility index (Phi) is 5.52. The van der Waals surface area contributed by atoms with Gasteiger partial charge in [-0.2, -0.15) is 8.78 Å². The van der Waals surface area contributed by atoms with Crippen LogP contribution in [0.5, 0.6) is 0 Å². The highest BCUT2D eigenvalue weighted by Gasteiger charge is 2.60. The third-order valence-corrected chi connectivity index (χ3v) is 7.47. The molecule has 5 aliphatic rings. The molecule has 6 nitrogen and oxygen atoms in total. The van der Waals surface area contributed by atoms with Gasteiger partial charge in [0.25, 0.3) is 0 Å². The molecule has 3 atom stereocenters. The number of halogens is 2. The predicted octanol–water partition coefficient (Wildman–Crippen LogP) is 4.16. The number of carbonyl (C=O) groups is 2. The van der Waals surface area contributed by atoms with Crippen molar-refractivity contribution in [1.82, 2.24) is 4.90 Å². The lowest BCUT2D eigenvalue weighted by atomic mass is 9.48. The van der Waals surface area contributed by atoms with E-state index in [1.54, 1.807) is 0 Å². The van der Waals surface area contributed by atoms with E-state index in [1.165, 1.54) is 0 Å². The van der Waals surface area contributed by atoms with E-state index >= 15 is 0 Å². The summed E-state index contributed by atoms with van der Waals surface area (Å²) in [6.07, 6.45) is 4.85.